The third-order valence-electron chi connectivity index (χ3n) is 2.80. The molecule has 0 atom stereocenters. The predicted octanol–water partition coefficient (Wildman–Crippen LogP) is 3.05. The van der Waals surface area contributed by atoms with Crippen molar-refractivity contribution in [3.05, 3.63) is 16.7 Å². The molecule has 0 unspecified atom stereocenters. The minimum atomic E-state index is 0.772. The SMILES string of the molecule is CCCN(CC1CC1)c1cc(N)cc(Br)n1. The van der Waals surface area contributed by atoms with Crippen LogP contribution in [0.5, 0.6) is 0 Å². The molecule has 1 fully saturated rings. The van der Waals surface area contributed by atoms with Crippen LogP contribution in [0.3, 0.4) is 0 Å². The van der Waals surface area contributed by atoms with Gasteiger partial charge in [-0.2, -0.15) is 0 Å². The number of rotatable bonds is 5. The first-order valence-corrected chi connectivity index (χ1v) is 6.66. The average molecular weight is 284 g/mol. The van der Waals surface area contributed by atoms with Crippen LogP contribution >= 0.6 is 15.9 Å². The van der Waals surface area contributed by atoms with Gasteiger partial charge in [-0.25, -0.2) is 4.98 Å². The van der Waals surface area contributed by atoms with Gasteiger partial charge >= 0.3 is 0 Å². The Bertz CT molecular complexity index is 343. The molecule has 0 aliphatic heterocycles. The molecule has 4 heteroatoms. The number of aromatic nitrogens is 1. The van der Waals surface area contributed by atoms with E-state index >= 15 is 0 Å². The topological polar surface area (TPSA) is 42.1 Å². The first-order valence-electron chi connectivity index (χ1n) is 5.87. The van der Waals surface area contributed by atoms with Crippen LogP contribution in [0.4, 0.5) is 11.5 Å². The first-order chi connectivity index (χ1) is 7.69. The number of nitrogen functional groups attached to an aromatic ring is 1. The second kappa shape index (κ2) is 5.04. The van der Waals surface area contributed by atoms with Crippen molar-refractivity contribution in [2.24, 2.45) is 5.92 Å². The van der Waals surface area contributed by atoms with Crippen LogP contribution in [0.25, 0.3) is 0 Å². The van der Waals surface area contributed by atoms with Gasteiger partial charge in [0.05, 0.1) is 0 Å². The van der Waals surface area contributed by atoms with Crippen LogP contribution in [0, 0.1) is 5.92 Å². The van der Waals surface area contributed by atoms with Gasteiger partial charge in [-0.05, 0) is 47.2 Å². The maximum Gasteiger partial charge on any atom is 0.131 e. The third-order valence-corrected chi connectivity index (χ3v) is 3.20. The monoisotopic (exact) mass is 283 g/mol. The Hall–Kier alpha value is -0.770. The number of nitrogens with two attached hydrogens (primary N) is 1. The molecular formula is C12H18BrN3. The van der Waals surface area contributed by atoms with E-state index in [0.717, 1.165) is 41.5 Å². The normalized spacial score (nSPS) is 15.1. The highest BCUT2D eigenvalue weighted by Crippen LogP contribution is 2.31. The summed E-state index contributed by atoms with van der Waals surface area (Å²) >= 11 is 3.40. The van der Waals surface area contributed by atoms with E-state index in [1.165, 1.54) is 12.8 Å². The summed E-state index contributed by atoms with van der Waals surface area (Å²) in [7, 11) is 0. The maximum atomic E-state index is 5.84. The number of halogens is 1. The quantitative estimate of drug-likeness (QED) is 0.845. The van der Waals surface area contributed by atoms with Crippen molar-refractivity contribution in [1.29, 1.82) is 0 Å². The molecule has 3 nitrogen and oxygen atoms in total. The van der Waals surface area contributed by atoms with Crippen LogP contribution < -0.4 is 10.6 Å². The Kier molecular flexibility index (Phi) is 3.69. The fraction of sp³-hybridized carbons (Fsp3) is 0.583. The van der Waals surface area contributed by atoms with Gasteiger partial charge in [0.15, 0.2) is 0 Å². The highest BCUT2D eigenvalue weighted by Gasteiger charge is 2.24. The number of pyridine rings is 1. The summed E-state index contributed by atoms with van der Waals surface area (Å²) in [6, 6.07) is 3.80. The zero-order valence-electron chi connectivity index (χ0n) is 9.62. The standard InChI is InChI=1S/C12H18BrN3/c1-2-5-16(8-9-3-4-9)12-7-10(14)6-11(13)15-12/h6-7,9H,2-5,8H2,1H3,(H2,14,15). The van der Waals surface area contributed by atoms with Crippen LogP contribution in [0.2, 0.25) is 0 Å². The van der Waals surface area contributed by atoms with Gasteiger partial charge < -0.3 is 10.6 Å². The fourth-order valence-corrected chi connectivity index (χ4v) is 2.29. The molecule has 0 saturated heterocycles. The number of hydrogen-bond donors (Lipinski definition) is 1. The molecule has 1 saturated carbocycles. The second-order valence-electron chi connectivity index (χ2n) is 4.47. The first kappa shape index (κ1) is 11.7. The largest absolute Gasteiger partial charge is 0.399 e. The van der Waals surface area contributed by atoms with Gasteiger partial charge in [0.2, 0.25) is 0 Å². The molecule has 0 spiro atoms. The summed E-state index contributed by atoms with van der Waals surface area (Å²) in [6.45, 7) is 4.37. The van der Waals surface area contributed by atoms with Crippen LogP contribution in [0.1, 0.15) is 26.2 Å². The minimum absolute atomic E-state index is 0.772. The summed E-state index contributed by atoms with van der Waals surface area (Å²) < 4.78 is 0.819. The van der Waals surface area contributed by atoms with Crippen LogP contribution in [-0.2, 0) is 0 Å². The molecule has 1 aliphatic rings. The molecule has 0 radical (unpaired) electrons. The molecular weight excluding hydrogens is 266 g/mol. The van der Waals surface area contributed by atoms with E-state index in [9.17, 15) is 0 Å². The van der Waals surface area contributed by atoms with E-state index in [4.69, 9.17) is 5.73 Å². The molecule has 0 bridgehead atoms. The van der Waals surface area contributed by atoms with E-state index in [1.54, 1.807) is 0 Å². The molecule has 1 aromatic rings. The zero-order chi connectivity index (χ0) is 11.5. The van der Waals surface area contributed by atoms with Crippen molar-refractivity contribution < 1.29 is 0 Å². The lowest BCUT2D eigenvalue weighted by Gasteiger charge is -2.23. The molecule has 1 aliphatic carbocycles. The molecule has 0 amide bonds. The number of anilines is 2. The highest BCUT2D eigenvalue weighted by atomic mass is 79.9. The second-order valence-corrected chi connectivity index (χ2v) is 5.28. The van der Waals surface area contributed by atoms with E-state index in [-0.39, 0.29) is 0 Å². The summed E-state index contributed by atoms with van der Waals surface area (Å²) in [6.07, 6.45) is 3.87. The van der Waals surface area contributed by atoms with Crippen LogP contribution in [0.15, 0.2) is 16.7 Å². The van der Waals surface area contributed by atoms with E-state index in [2.05, 4.69) is 32.7 Å². The summed E-state index contributed by atoms with van der Waals surface area (Å²) in [5.41, 5.74) is 6.62. The van der Waals surface area contributed by atoms with Crippen molar-refractivity contribution >= 4 is 27.4 Å². The molecule has 2 N–H and O–H groups in total. The van der Waals surface area contributed by atoms with Gasteiger partial charge in [0.25, 0.3) is 0 Å². The molecule has 88 valence electrons. The van der Waals surface area contributed by atoms with E-state index in [0.29, 0.717) is 0 Å². The Morgan fingerprint density at radius 2 is 2.25 bits per heavy atom. The van der Waals surface area contributed by atoms with Crippen molar-refractivity contribution in [3.8, 4) is 0 Å². The fourth-order valence-electron chi connectivity index (χ4n) is 1.85. The van der Waals surface area contributed by atoms with Crippen LogP contribution in [-0.4, -0.2) is 18.1 Å². The lowest BCUT2D eigenvalue weighted by atomic mass is 10.3. The van der Waals surface area contributed by atoms with Gasteiger partial charge in [-0.15, -0.1) is 0 Å². The summed E-state index contributed by atoms with van der Waals surface area (Å²) in [5, 5.41) is 0. The van der Waals surface area contributed by atoms with Gasteiger partial charge in [-0.3, -0.25) is 0 Å². The maximum absolute atomic E-state index is 5.84. The minimum Gasteiger partial charge on any atom is -0.399 e. The summed E-state index contributed by atoms with van der Waals surface area (Å²) in [4.78, 5) is 6.84. The van der Waals surface area contributed by atoms with Crippen molar-refractivity contribution in [2.75, 3.05) is 23.7 Å². The van der Waals surface area contributed by atoms with Crippen molar-refractivity contribution in [2.45, 2.75) is 26.2 Å². The molecule has 1 aromatic heterocycles. The Morgan fingerprint density at radius 3 is 2.81 bits per heavy atom. The highest BCUT2D eigenvalue weighted by molar-refractivity contribution is 9.10. The molecule has 2 rings (SSSR count). The Morgan fingerprint density at radius 1 is 1.50 bits per heavy atom. The predicted molar refractivity (Wildman–Crippen MR) is 71.6 cm³/mol. The van der Waals surface area contributed by atoms with E-state index in [1.807, 2.05) is 12.1 Å². The smallest absolute Gasteiger partial charge is 0.131 e. The Balaban J connectivity index is 2.15. The van der Waals surface area contributed by atoms with Crippen molar-refractivity contribution in [3.63, 3.8) is 0 Å². The Labute approximate surface area is 105 Å². The van der Waals surface area contributed by atoms with Gasteiger partial charge in [0.1, 0.15) is 10.4 Å². The lowest BCUT2D eigenvalue weighted by molar-refractivity contribution is 0.699. The molecule has 1 heterocycles. The molecule has 16 heavy (non-hydrogen) atoms. The number of hydrogen-bond acceptors (Lipinski definition) is 3. The third kappa shape index (κ3) is 3.11. The lowest BCUT2D eigenvalue weighted by Crippen LogP contribution is -2.27. The van der Waals surface area contributed by atoms with Gasteiger partial charge in [-0.1, -0.05) is 6.92 Å². The van der Waals surface area contributed by atoms with Crippen molar-refractivity contribution in [1.82, 2.24) is 4.98 Å². The molecule has 0 aromatic carbocycles. The summed E-state index contributed by atoms with van der Waals surface area (Å²) in [5.74, 6) is 1.87. The number of nitrogens with zero attached hydrogens (tertiary/aromatic N) is 2. The zero-order valence-corrected chi connectivity index (χ0v) is 11.2. The van der Waals surface area contributed by atoms with E-state index < -0.39 is 0 Å². The average Bonchev–Trinajstić information content (AvgIpc) is 2.99. The van der Waals surface area contributed by atoms with Gasteiger partial charge in [0, 0.05) is 24.8 Å².